The number of nitrogens with zero attached hydrogens (tertiary/aromatic N) is 1. The highest BCUT2D eigenvalue weighted by molar-refractivity contribution is 5.93. The number of carbonyl (C=O) groups is 1. The van der Waals surface area contributed by atoms with Gasteiger partial charge < -0.3 is 4.74 Å². The molecule has 0 bridgehead atoms. The van der Waals surface area contributed by atoms with Gasteiger partial charge in [-0.2, -0.15) is 5.10 Å². The maximum Gasteiger partial charge on any atom is 0.343 e. The molecule has 0 amide bonds. The molecule has 4 heteroatoms. The van der Waals surface area contributed by atoms with Gasteiger partial charge in [0.05, 0.1) is 17.5 Å². The number of para-hydroxylation sites is 2. The van der Waals surface area contributed by atoms with Crippen LogP contribution in [-0.4, -0.2) is 12.2 Å². The van der Waals surface area contributed by atoms with Gasteiger partial charge in [0.15, 0.2) is 0 Å². The van der Waals surface area contributed by atoms with Gasteiger partial charge in [0, 0.05) is 5.56 Å². The molecule has 3 aromatic rings. The van der Waals surface area contributed by atoms with Crippen molar-refractivity contribution >= 4 is 17.9 Å². The topological polar surface area (TPSA) is 50.7 Å². The van der Waals surface area contributed by atoms with Crippen molar-refractivity contribution in [1.82, 2.24) is 0 Å². The molecule has 3 rings (SSSR count). The van der Waals surface area contributed by atoms with Gasteiger partial charge in [0.25, 0.3) is 0 Å². The van der Waals surface area contributed by atoms with E-state index in [0.717, 1.165) is 5.69 Å². The average Bonchev–Trinajstić information content (AvgIpc) is 2.65. The van der Waals surface area contributed by atoms with Gasteiger partial charge in [0.1, 0.15) is 5.75 Å². The Balaban J connectivity index is 1.72. The molecule has 0 fully saturated rings. The molecule has 0 aromatic heterocycles. The van der Waals surface area contributed by atoms with E-state index < -0.39 is 5.97 Å². The van der Waals surface area contributed by atoms with E-state index in [4.69, 9.17) is 4.74 Å². The van der Waals surface area contributed by atoms with Gasteiger partial charge in [-0.15, -0.1) is 0 Å². The van der Waals surface area contributed by atoms with Crippen LogP contribution in [0.5, 0.6) is 5.75 Å². The summed E-state index contributed by atoms with van der Waals surface area (Å²) in [6.45, 7) is 0. The van der Waals surface area contributed by atoms with E-state index >= 15 is 0 Å². The number of hydrogen-bond donors (Lipinski definition) is 1. The summed E-state index contributed by atoms with van der Waals surface area (Å²) >= 11 is 0. The Bertz CT molecular complexity index is 831. The van der Waals surface area contributed by atoms with Crippen molar-refractivity contribution in [2.24, 2.45) is 5.10 Å². The quantitative estimate of drug-likeness (QED) is 0.329. The van der Waals surface area contributed by atoms with Crippen LogP contribution in [0.4, 0.5) is 5.69 Å². The zero-order valence-corrected chi connectivity index (χ0v) is 12.9. The van der Waals surface area contributed by atoms with E-state index in [2.05, 4.69) is 10.5 Å². The van der Waals surface area contributed by atoms with Crippen LogP contribution in [0, 0.1) is 0 Å². The molecule has 1 N–H and O–H groups in total. The highest BCUT2D eigenvalue weighted by Gasteiger charge is 2.09. The number of nitrogens with one attached hydrogen (secondary N) is 1. The van der Waals surface area contributed by atoms with Crippen molar-refractivity contribution in [3.05, 3.63) is 96.1 Å². The first-order valence-corrected chi connectivity index (χ1v) is 7.53. The van der Waals surface area contributed by atoms with E-state index in [0.29, 0.717) is 16.9 Å². The molecule has 0 aliphatic heterocycles. The lowest BCUT2D eigenvalue weighted by molar-refractivity contribution is 0.0734. The van der Waals surface area contributed by atoms with Crippen LogP contribution < -0.4 is 10.2 Å². The number of anilines is 1. The summed E-state index contributed by atoms with van der Waals surface area (Å²) in [4.78, 5) is 12.2. The zero-order valence-electron chi connectivity index (χ0n) is 12.9. The standard InChI is InChI=1S/C20H16N2O2/c23-20(16-9-3-1-4-10-16)24-19-14-8-7-11-17(19)15-21-22-18-12-5-2-6-13-18/h1-15,22H/b21-15+. The molecule has 0 saturated carbocycles. The summed E-state index contributed by atoms with van der Waals surface area (Å²) in [6.07, 6.45) is 1.63. The van der Waals surface area contributed by atoms with Crippen LogP contribution in [0.25, 0.3) is 0 Å². The number of ether oxygens (including phenoxy) is 1. The molecular formula is C20H16N2O2. The minimum absolute atomic E-state index is 0.396. The summed E-state index contributed by atoms with van der Waals surface area (Å²) in [6, 6.07) is 25.8. The summed E-state index contributed by atoms with van der Waals surface area (Å²) in [5.41, 5.74) is 5.04. The molecular weight excluding hydrogens is 300 g/mol. The Kier molecular flexibility index (Phi) is 5.00. The van der Waals surface area contributed by atoms with Gasteiger partial charge >= 0.3 is 5.97 Å². The molecule has 0 spiro atoms. The lowest BCUT2D eigenvalue weighted by atomic mass is 10.2. The largest absolute Gasteiger partial charge is 0.422 e. The molecule has 0 aliphatic carbocycles. The lowest BCUT2D eigenvalue weighted by Crippen LogP contribution is -2.09. The van der Waals surface area contributed by atoms with E-state index in [1.54, 1.807) is 36.5 Å². The van der Waals surface area contributed by atoms with E-state index in [1.165, 1.54) is 0 Å². The fraction of sp³-hybridized carbons (Fsp3) is 0. The first kappa shape index (κ1) is 15.5. The molecule has 24 heavy (non-hydrogen) atoms. The normalized spacial score (nSPS) is 10.5. The summed E-state index contributed by atoms with van der Waals surface area (Å²) in [5, 5.41) is 4.19. The highest BCUT2D eigenvalue weighted by atomic mass is 16.5. The average molecular weight is 316 g/mol. The van der Waals surface area contributed by atoms with Gasteiger partial charge in [0.2, 0.25) is 0 Å². The van der Waals surface area contributed by atoms with E-state index in [1.807, 2.05) is 54.6 Å². The van der Waals surface area contributed by atoms with Crippen molar-refractivity contribution in [2.75, 3.05) is 5.43 Å². The SMILES string of the molecule is O=C(Oc1ccccc1/C=N/Nc1ccccc1)c1ccccc1. The molecule has 0 atom stereocenters. The number of rotatable bonds is 5. The zero-order chi connectivity index (χ0) is 16.6. The third-order valence-electron chi connectivity index (χ3n) is 3.30. The van der Waals surface area contributed by atoms with Crippen LogP contribution in [0.3, 0.4) is 0 Å². The van der Waals surface area contributed by atoms with Crippen molar-refractivity contribution in [3.8, 4) is 5.75 Å². The maximum absolute atomic E-state index is 12.2. The monoisotopic (exact) mass is 316 g/mol. The second kappa shape index (κ2) is 7.74. The molecule has 0 heterocycles. The summed E-state index contributed by atoms with van der Waals surface area (Å²) < 4.78 is 5.48. The molecule has 0 saturated heterocycles. The van der Waals surface area contributed by atoms with Crippen LogP contribution >= 0.6 is 0 Å². The molecule has 118 valence electrons. The van der Waals surface area contributed by atoms with Gasteiger partial charge in [-0.1, -0.05) is 48.5 Å². The predicted molar refractivity (Wildman–Crippen MR) is 95.5 cm³/mol. The highest BCUT2D eigenvalue weighted by Crippen LogP contribution is 2.18. The summed E-state index contributed by atoms with van der Waals surface area (Å²) in [5.74, 6) is 0.0671. The Morgan fingerprint density at radius 2 is 1.46 bits per heavy atom. The molecule has 3 aromatic carbocycles. The first-order valence-electron chi connectivity index (χ1n) is 7.53. The number of carbonyl (C=O) groups excluding carboxylic acids is 1. The smallest absolute Gasteiger partial charge is 0.343 e. The Hall–Kier alpha value is -3.40. The lowest BCUT2D eigenvalue weighted by Gasteiger charge is -2.07. The van der Waals surface area contributed by atoms with Crippen molar-refractivity contribution in [2.45, 2.75) is 0 Å². The fourth-order valence-electron chi connectivity index (χ4n) is 2.10. The Morgan fingerprint density at radius 1 is 0.833 bits per heavy atom. The number of esters is 1. The first-order chi connectivity index (χ1) is 11.8. The van der Waals surface area contributed by atoms with Crippen molar-refractivity contribution in [3.63, 3.8) is 0 Å². The van der Waals surface area contributed by atoms with E-state index in [9.17, 15) is 4.79 Å². The Morgan fingerprint density at radius 3 is 2.21 bits per heavy atom. The second-order valence-corrected chi connectivity index (χ2v) is 5.03. The minimum atomic E-state index is -0.396. The number of benzene rings is 3. The van der Waals surface area contributed by atoms with E-state index in [-0.39, 0.29) is 0 Å². The van der Waals surface area contributed by atoms with Gasteiger partial charge in [-0.05, 0) is 36.4 Å². The molecule has 4 nitrogen and oxygen atoms in total. The molecule has 0 unspecified atom stereocenters. The Labute approximate surface area is 140 Å². The van der Waals surface area contributed by atoms with Crippen LogP contribution in [0.1, 0.15) is 15.9 Å². The molecule has 0 aliphatic rings. The van der Waals surface area contributed by atoms with Crippen molar-refractivity contribution < 1.29 is 9.53 Å². The third-order valence-corrected chi connectivity index (χ3v) is 3.30. The minimum Gasteiger partial charge on any atom is -0.422 e. The van der Waals surface area contributed by atoms with Crippen LogP contribution in [0.2, 0.25) is 0 Å². The van der Waals surface area contributed by atoms with Gasteiger partial charge in [-0.25, -0.2) is 4.79 Å². The number of hydrogen-bond acceptors (Lipinski definition) is 4. The van der Waals surface area contributed by atoms with Gasteiger partial charge in [-0.3, -0.25) is 5.43 Å². The predicted octanol–water partition coefficient (Wildman–Crippen LogP) is 4.35. The fourth-order valence-corrected chi connectivity index (χ4v) is 2.10. The van der Waals surface area contributed by atoms with Crippen LogP contribution in [-0.2, 0) is 0 Å². The maximum atomic E-state index is 12.2. The second-order valence-electron chi connectivity index (χ2n) is 5.03. The van der Waals surface area contributed by atoms with Crippen molar-refractivity contribution in [1.29, 1.82) is 0 Å². The third kappa shape index (κ3) is 4.08. The number of hydrazone groups is 1. The summed E-state index contributed by atoms with van der Waals surface area (Å²) in [7, 11) is 0. The van der Waals surface area contributed by atoms with Crippen LogP contribution in [0.15, 0.2) is 90.0 Å². The molecule has 0 radical (unpaired) electrons.